The van der Waals surface area contributed by atoms with Crippen LogP contribution in [0.5, 0.6) is 0 Å². The highest BCUT2D eigenvalue weighted by molar-refractivity contribution is 7.89. The van der Waals surface area contributed by atoms with Crippen molar-refractivity contribution in [1.82, 2.24) is 20.5 Å². The van der Waals surface area contributed by atoms with Gasteiger partial charge in [-0.05, 0) is 37.5 Å². The van der Waals surface area contributed by atoms with E-state index in [1.165, 1.54) is 18.2 Å². The SMILES string of the molecule is CCNS(=O)(=O)c1ccc(C)c(C(=O)NN2C(=O)NC3(CCCCC3)C2=O)c1. The van der Waals surface area contributed by atoms with Gasteiger partial charge in [0.05, 0.1) is 4.90 Å². The molecule has 4 amide bonds. The van der Waals surface area contributed by atoms with Crippen LogP contribution in [0.15, 0.2) is 23.1 Å². The Balaban J connectivity index is 1.83. The zero-order valence-corrected chi connectivity index (χ0v) is 16.7. The van der Waals surface area contributed by atoms with Crippen molar-refractivity contribution in [3.8, 4) is 0 Å². The van der Waals surface area contributed by atoms with Crippen molar-refractivity contribution in [3.05, 3.63) is 29.3 Å². The van der Waals surface area contributed by atoms with E-state index in [9.17, 15) is 22.8 Å². The average molecular weight is 408 g/mol. The van der Waals surface area contributed by atoms with Gasteiger partial charge in [0.1, 0.15) is 5.54 Å². The predicted octanol–water partition coefficient (Wildman–Crippen LogP) is 1.19. The maximum Gasteiger partial charge on any atom is 0.344 e. The quantitative estimate of drug-likeness (QED) is 0.631. The van der Waals surface area contributed by atoms with Gasteiger partial charge in [-0.15, -0.1) is 0 Å². The first kappa shape index (κ1) is 20.3. The molecule has 1 aromatic rings. The van der Waals surface area contributed by atoms with Crippen LogP contribution in [0.2, 0.25) is 0 Å². The van der Waals surface area contributed by atoms with Gasteiger partial charge in [0.25, 0.3) is 11.8 Å². The Morgan fingerprint density at radius 2 is 1.89 bits per heavy atom. The van der Waals surface area contributed by atoms with Crippen LogP contribution >= 0.6 is 0 Å². The third kappa shape index (κ3) is 3.61. The van der Waals surface area contributed by atoms with E-state index in [1.807, 2.05) is 0 Å². The van der Waals surface area contributed by atoms with Crippen molar-refractivity contribution in [2.75, 3.05) is 6.54 Å². The molecule has 1 spiro atoms. The second-order valence-electron chi connectivity index (χ2n) is 7.13. The van der Waals surface area contributed by atoms with Crippen molar-refractivity contribution < 1.29 is 22.8 Å². The molecule has 3 rings (SSSR count). The number of sulfonamides is 1. The molecule has 10 heteroatoms. The smallest absolute Gasteiger partial charge is 0.322 e. The standard InChI is InChI=1S/C18H24N4O5S/c1-3-19-28(26,27)13-8-7-12(2)14(11-13)15(23)21-22-16(24)18(20-17(22)25)9-5-4-6-10-18/h7-8,11,19H,3-6,9-10H2,1-2H3,(H,20,25)(H,21,23). The minimum Gasteiger partial charge on any atom is -0.322 e. The van der Waals surface area contributed by atoms with E-state index in [-0.39, 0.29) is 17.0 Å². The molecule has 1 heterocycles. The molecule has 0 radical (unpaired) electrons. The molecule has 28 heavy (non-hydrogen) atoms. The molecule has 0 unspecified atom stereocenters. The molecular weight excluding hydrogens is 384 g/mol. The Bertz CT molecular complexity index is 922. The third-order valence-electron chi connectivity index (χ3n) is 5.18. The Morgan fingerprint density at radius 1 is 1.21 bits per heavy atom. The minimum atomic E-state index is -3.74. The van der Waals surface area contributed by atoms with Crippen molar-refractivity contribution >= 4 is 27.9 Å². The summed E-state index contributed by atoms with van der Waals surface area (Å²) in [7, 11) is -3.74. The van der Waals surface area contributed by atoms with Gasteiger partial charge >= 0.3 is 6.03 Å². The highest BCUT2D eigenvalue weighted by Gasteiger charge is 2.52. The number of nitrogens with one attached hydrogen (secondary N) is 3. The van der Waals surface area contributed by atoms with E-state index in [0.717, 1.165) is 19.3 Å². The predicted molar refractivity (Wildman–Crippen MR) is 101 cm³/mol. The fraction of sp³-hybridized carbons (Fsp3) is 0.500. The summed E-state index contributed by atoms with van der Waals surface area (Å²) in [5, 5.41) is 3.42. The van der Waals surface area contributed by atoms with Crippen molar-refractivity contribution in [2.45, 2.75) is 56.4 Å². The normalized spacial score (nSPS) is 19.0. The van der Waals surface area contributed by atoms with Gasteiger partial charge in [0.2, 0.25) is 10.0 Å². The number of nitrogens with zero attached hydrogens (tertiary/aromatic N) is 1. The number of benzene rings is 1. The van der Waals surface area contributed by atoms with Crippen LogP contribution in [0.1, 0.15) is 54.9 Å². The Hall–Kier alpha value is -2.46. The number of rotatable bonds is 5. The van der Waals surface area contributed by atoms with Gasteiger partial charge in [-0.2, -0.15) is 5.01 Å². The first-order valence-corrected chi connectivity index (χ1v) is 10.8. The molecular formula is C18H24N4O5S. The van der Waals surface area contributed by atoms with E-state index in [0.29, 0.717) is 23.4 Å². The molecule has 9 nitrogen and oxygen atoms in total. The van der Waals surface area contributed by atoms with Gasteiger partial charge < -0.3 is 5.32 Å². The first-order chi connectivity index (χ1) is 13.2. The van der Waals surface area contributed by atoms with E-state index in [1.54, 1.807) is 13.8 Å². The van der Waals surface area contributed by atoms with Gasteiger partial charge in [-0.25, -0.2) is 17.9 Å². The monoisotopic (exact) mass is 408 g/mol. The topological polar surface area (TPSA) is 125 Å². The highest BCUT2D eigenvalue weighted by Crippen LogP contribution is 2.33. The summed E-state index contributed by atoms with van der Waals surface area (Å²) in [6.45, 7) is 3.51. The van der Waals surface area contributed by atoms with Crippen LogP contribution in [0, 0.1) is 6.92 Å². The fourth-order valence-corrected chi connectivity index (χ4v) is 4.73. The summed E-state index contributed by atoms with van der Waals surface area (Å²) in [6, 6.07) is 3.47. The number of carbonyl (C=O) groups excluding carboxylic acids is 3. The Kier molecular flexibility index (Phi) is 5.44. The average Bonchev–Trinajstić information content (AvgIpc) is 2.86. The lowest BCUT2D eigenvalue weighted by molar-refractivity contribution is -0.134. The summed E-state index contributed by atoms with van der Waals surface area (Å²) >= 11 is 0. The van der Waals surface area contributed by atoms with E-state index >= 15 is 0 Å². The molecule has 2 aliphatic rings. The fourth-order valence-electron chi connectivity index (χ4n) is 3.66. The van der Waals surface area contributed by atoms with Crippen LogP contribution < -0.4 is 15.5 Å². The number of imide groups is 1. The maximum absolute atomic E-state index is 12.8. The van der Waals surface area contributed by atoms with Gasteiger partial charge in [-0.3, -0.25) is 15.0 Å². The largest absolute Gasteiger partial charge is 0.344 e. The van der Waals surface area contributed by atoms with E-state index < -0.39 is 33.4 Å². The highest BCUT2D eigenvalue weighted by atomic mass is 32.2. The zero-order chi connectivity index (χ0) is 20.5. The molecule has 1 saturated carbocycles. The lowest BCUT2D eigenvalue weighted by Crippen LogP contribution is -2.51. The van der Waals surface area contributed by atoms with Crippen LogP contribution in [-0.4, -0.2) is 43.4 Å². The molecule has 2 fully saturated rings. The summed E-state index contributed by atoms with van der Waals surface area (Å²) in [5.41, 5.74) is 1.98. The van der Waals surface area contributed by atoms with E-state index in [2.05, 4.69) is 15.5 Å². The number of hydrogen-bond donors (Lipinski definition) is 3. The maximum atomic E-state index is 12.8. The summed E-state index contributed by atoms with van der Waals surface area (Å²) in [4.78, 5) is 37.7. The van der Waals surface area contributed by atoms with Crippen LogP contribution in [0.25, 0.3) is 0 Å². The van der Waals surface area contributed by atoms with Crippen LogP contribution in [-0.2, 0) is 14.8 Å². The molecule has 1 aliphatic heterocycles. The summed E-state index contributed by atoms with van der Waals surface area (Å²) < 4.78 is 26.8. The lowest BCUT2D eigenvalue weighted by Gasteiger charge is -2.30. The zero-order valence-electron chi connectivity index (χ0n) is 15.9. The number of carbonyl (C=O) groups is 3. The number of amides is 4. The van der Waals surface area contributed by atoms with Gasteiger partial charge in [0, 0.05) is 12.1 Å². The first-order valence-electron chi connectivity index (χ1n) is 9.28. The van der Waals surface area contributed by atoms with Crippen LogP contribution in [0.4, 0.5) is 4.79 Å². The molecule has 1 saturated heterocycles. The Morgan fingerprint density at radius 3 is 2.54 bits per heavy atom. The van der Waals surface area contributed by atoms with Crippen LogP contribution in [0.3, 0.4) is 0 Å². The van der Waals surface area contributed by atoms with Crippen molar-refractivity contribution in [1.29, 1.82) is 0 Å². The third-order valence-corrected chi connectivity index (χ3v) is 6.72. The number of hydrogen-bond acceptors (Lipinski definition) is 5. The van der Waals surface area contributed by atoms with Crippen molar-refractivity contribution in [3.63, 3.8) is 0 Å². The molecule has 0 bridgehead atoms. The molecule has 1 aromatic carbocycles. The van der Waals surface area contributed by atoms with Crippen molar-refractivity contribution in [2.24, 2.45) is 0 Å². The summed E-state index contributed by atoms with van der Waals surface area (Å²) in [5.74, 6) is -1.19. The molecule has 0 atom stereocenters. The summed E-state index contributed by atoms with van der Waals surface area (Å²) in [6.07, 6.45) is 3.75. The second kappa shape index (κ2) is 7.51. The number of hydrazine groups is 1. The van der Waals surface area contributed by atoms with E-state index in [4.69, 9.17) is 0 Å². The molecule has 3 N–H and O–H groups in total. The Labute approximate surface area is 163 Å². The van der Waals surface area contributed by atoms with Gasteiger partial charge in [0.15, 0.2) is 0 Å². The lowest BCUT2D eigenvalue weighted by atomic mass is 9.82. The van der Waals surface area contributed by atoms with Gasteiger partial charge in [-0.1, -0.05) is 32.3 Å². The number of urea groups is 1. The molecule has 0 aromatic heterocycles. The second-order valence-corrected chi connectivity index (χ2v) is 8.90. The molecule has 152 valence electrons. The minimum absolute atomic E-state index is 0.0638. The number of aryl methyl sites for hydroxylation is 1. The molecule has 1 aliphatic carbocycles.